The Hall–Kier alpha value is -2.77. The Morgan fingerprint density at radius 2 is 2.10 bits per heavy atom. The molecule has 2 aliphatic rings. The summed E-state index contributed by atoms with van der Waals surface area (Å²) in [5, 5.41) is 6.57. The van der Waals surface area contributed by atoms with Crippen molar-refractivity contribution in [3.63, 3.8) is 0 Å². The number of fused-ring (bicyclic) bond motifs is 1. The number of amides is 2. The zero-order valence-corrected chi connectivity index (χ0v) is 16.8. The quantitative estimate of drug-likeness (QED) is 0.803. The summed E-state index contributed by atoms with van der Waals surface area (Å²) < 4.78 is 6.03. The Morgan fingerprint density at radius 1 is 1.24 bits per heavy atom. The Morgan fingerprint density at radius 3 is 2.86 bits per heavy atom. The predicted octanol–water partition coefficient (Wildman–Crippen LogP) is 2.48. The third kappa shape index (κ3) is 3.88. The van der Waals surface area contributed by atoms with Crippen LogP contribution in [0.3, 0.4) is 0 Å². The van der Waals surface area contributed by atoms with Crippen LogP contribution in [0.5, 0.6) is 5.75 Å². The van der Waals surface area contributed by atoms with E-state index in [1.807, 2.05) is 49.2 Å². The number of aromatic nitrogens is 1. The summed E-state index contributed by atoms with van der Waals surface area (Å²) in [5.74, 6) is -0.140. The molecule has 2 unspecified atom stereocenters. The molecule has 1 aromatic heterocycles. The number of carbonyl (C=O) groups excluding carboxylic acids is 2. The molecule has 7 heteroatoms. The van der Waals surface area contributed by atoms with Gasteiger partial charge in [-0.1, -0.05) is 25.5 Å². The lowest BCUT2D eigenvalue weighted by atomic mass is 10.1. The molecule has 3 heterocycles. The van der Waals surface area contributed by atoms with Crippen LogP contribution in [0.25, 0.3) is 0 Å². The van der Waals surface area contributed by atoms with Crippen LogP contribution >= 0.6 is 0 Å². The average Bonchev–Trinajstić information content (AvgIpc) is 2.83. The number of hydrogen-bond donors (Lipinski definition) is 1. The van der Waals surface area contributed by atoms with Crippen molar-refractivity contribution >= 4 is 11.8 Å². The molecular weight excluding hydrogens is 368 g/mol. The lowest BCUT2D eigenvalue weighted by Crippen LogP contribution is -2.59. The van der Waals surface area contributed by atoms with Gasteiger partial charge in [-0.15, -0.1) is 0 Å². The molecule has 1 aromatic carbocycles. The van der Waals surface area contributed by atoms with E-state index in [0.717, 1.165) is 17.7 Å². The largest absolute Gasteiger partial charge is 0.480 e. The highest BCUT2D eigenvalue weighted by atomic mass is 16.5. The fourth-order valence-electron chi connectivity index (χ4n) is 3.87. The first-order chi connectivity index (χ1) is 14.1. The number of imide groups is 1. The zero-order valence-electron chi connectivity index (χ0n) is 16.8. The first-order valence-corrected chi connectivity index (χ1v) is 10.1. The monoisotopic (exact) mass is 394 g/mol. The third-order valence-electron chi connectivity index (χ3n) is 5.35. The molecule has 2 atom stereocenters. The number of benzene rings is 1. The molecular formula is C22H26N4O3. The minimum atomic E-state index is -0.671. The Bertz CT molecular complexity index is 902. The van der Waals surface area contributed by atoms with E-state index in [-0.39, 0.29) is 17.9 Å². The fraction of sp³-hybridized carbons (Fsp3) is 0.409. The van der Waals surface area contributed by atoms with Crippen LogP contribution in [0.4, 0.5) is 0 Å². The van der Waals surface area contributed by atoms with E-state index in [0.29, 0.717) is 37.4 Å². The molecule has 0 aliphatic carbocycles. The van der Waals surface area contributed by atoms with Gasteiger partial charge in [0.1, 0.15) is 5.75 Å². The van der Waals surface area contributed by atoms with Gasteiger partial charge >= 0.3 is 0 Å². The van der Waals surface area contributed by atoms with Gasteiger partial charge in [0.05, 0.1) is 17.3 Å². The highest BCUT2D eigenvalue weighted by Crippen LogP contribution is 2.30. The molecule has 29 heavy (non-hydrogen) atoms. The number of rotatable bonds is 4. The van der Waals surface area contributed by atoms with Crippen LogP contribution in [-0.4, -0.2) is 52.6 Å². The van der Waals surface area contributed by atoms with Gasteiger partial charge in [-0.05, 0) is 43.2 Å². The summed E-state index contributed by atoms with van der Waals surface area (Å²) in [6.45, 7) is 5.64. The van der Waals surface area contributed by atoms with E-state index in [1.54, 1.807) is 12.3 Å². The van der Waals surface area contributed by atoms with Crippen molar-refractivity contribution in [2.24, 2.45) is 0 Å². The summed E-state index contributed by atoms with van der Waals surface area (Å²) in [4.78, 5) is 31.2. The topological polar surface area (TPSA) is 74.8 Å². The Kier molecular flexibility index (Phi) is 5.60. The molecule has 1 fully saturated rings. The van der Waals surface area contributed by atoms with Gasteiger partial charge in [0.2, 0.25) is 0 Å². The second-order valence-electron chi connectivity index (χ2n) is 7.52. The van der Waals surface area contributed by atoms with Gasteiger partial charge in [0, 0.05) is 25.8 Å². The van der Waals surface area contributed by atoms with Crippen LogP contribution in [0.1, 0.15) is 47.4 Å². The number of ether oxygens (including phenoxy) is 1. The van der Waals surface area contributed by atoms with E-state index in [4.69, 9.17) is 4.74 Å². The van der Waals surface area contributed by atoms with E-state index >= 15 is 0 Å². The molecule has 152 valence electrons. The molecule has 0 radical (unpaired) electrons. The minimum Gasteiger partial charge on any atom is -0.480 e. The maximum Gasteiger partial charge on any atom is 0.285 e. The van der Waals surface area contributed by atoms with Gasteiger partial charge < -0.3 is 10.1 Å². The number of hydrazine groups is 1. The van der Waals surface area contributed by atoms with Crippen molar-refractivity contribution < 1.29 is 14.3 Å². The van der Waals surface area contributed by atoms with Crippen LogP contribution in [-0.2, 0) is 4.79 Å². The second-order valence-corrected chi connectivity index (χ2v) is 7.52. The maximum absolute atomic E-state index is 13.4. The highest BCUT2D eigenvalue weighted by Gasteiger charge is 2.41. The third-order valence-corrected chi connectivity index (χ3v) is 5.35. The normalized spacial score (nSPS) is 22.8. The molecule has 7 nitrogen and oxygen atoms in total. The molecule has 2 aliphatic heterocycles. The smallest absolute Gasteiger partial charge is 0.285 e. The van der Waals surface area contributed by atoms with Crippen molar-refractivity contribution in [2.45, 2.75) is 38.8 Å². The Labute approximate surface area is 170 Å². The maximum atomic E-state index is 13.4. The van der Waals surface area contributed by atoms with Crippen molar-refractivity contribution in [3.8, 4) is 5.75 Å². The number of nitrogens with zero attached hydrogens (tertiary/aromatic N) is 3. The van der Waals surface area contributed by atoms with Gasteiger partial charge in [-0.2, -0.15) is 0 Å². The predicted molar refractivity (Wildman–Crippen MR) is 108 cm³/mol. The number of hydrogen-bond acceptors (Lipinski definition) is 6. The van der Waals surface area contributed by atoms with Crippen LogP contribution < -0.4 is 10.1 Å². The number of pyridine rings is 1. The van der Waals surface area contributed by atoms with E-state index in [9.17, 15) is 9.59 Å². The van der Waals surface area contributed by atoms with E-state index in [2.05, 4.69) is 10.3 Å². The lowest BCUT2D eigenvalue weighted by Gasteiger charge is -2.39. The number of nitrogens with one attached hydrogen (secondary N) is 1. The number of carbonyl (C=O) groups is 2. The molecule has 1 saturated heterocycles. The molecule has 0 saturated carbocycles. The average molecular weight is 394 g/mol. The van der Waals surface area contributed by atoms with Crippen molar-refractivity contribution in [1.29, 1.82) is 0 Å². The molecule has 0 bridgehead atoms. The standard InChI is InChI=1S/C22H26N4O3/c1-3-6-19-22(28)26(21(27)16-9-8-15(2)13-20(16)29-19)25-12-11-24-18(14-25)17-7-4-5-10-23-17/h4-5,7-10,13,18-19,24H,3,6,11-12,14H2,1-2H3. The zero-order chi connectivity index (χ0) is 20.4. The van der Waals surface area contributed by atoms with E-state index < -0.39 is 6.10 Å². The SMILES string of the molecule is CCCC1Oc2cc(C)ccc2C(=O)N(N2CCNC(c3ccccn3)C2)C1=O. The first kappa shape index (κ1) is 19.5. The van der Waals surface area contributed by atoms with Crippen molar-refractivity contribution in [3.05, 3.63) is 59.4 Å². The molecule has 4 rings (SSSR count). The molecule has 0 spiro atoms. The summed E-state index contributed by atoms with van der Waals surface area (Å²) >= 11 is 0. The molecule has 1 N–H and O–H groups in total. The number of aryl methyl sites for hydroxylation is 1. The molecule has 2 amide bonds. The summed E-state index contributed by atoms with van der Waals surface area (Å²) in [7, 11) is 0. The van der Waals surface area contributed by atoms with Crippen LogP contribution in [0.15, 0.2) is 42.6 Å². The second kappa shape index (κ2) is 8.31. The van der Waals surface area contributed by atoms with Crippen LogP contribution in [0, 0.1) is 6.92 Å². The van der Waals surface area contributed by atoms with Crippen molar-refractivity contribution in [2.75, 3.05) is 19.6 Å². The van der Waals surface area contributed by atoms with Gasteiger partial charge in [0.25, 0.3) is 11.8 Å². The Balaban J connectivity index is 1.67. The lowest BCUT2D eigenvalue weighted by molar-refractivity contribution is -0.151. The summed E-state index contributed by atoms with van der Waals surface area (Å²) in [6, 6.07) is 11.2. The highest BCUT2D eigenvalue weighted by molar-refractivity contribution is 6.08. The fourth-order valence-corrected chi connectivity index (χ4v) is 3.87. The van der Waals surface area contributed by atoms with Gasteiger partial charge in [-0.3, -0.25) is 14.6 Å². The van der Waals surface area contributed by atoms with Gasteiger partial charge in [-0.25, -0.2) is 10.0 Å². The summed E-state index contributed by atoms with van der Waals surface area (Å²) in [5.41, 5.74) is 2.31. The minimum absolute atomic E-state index is 0.0585. The van der Waals surface area contributed by atoms with Gasteiger partial charge in [0.15, 0.2) is 6.10 Å². The molecule has 2 aromatic rings. The van der Waals surface area contributed by atoms with Crippen molar-refractivity contribution in [1.82, 2.24) is 20.3 Å². The first-order valence-electron chi connectivity index (χ1n) is 10.1. The van der Waals surface area contributed by atoms with Crippen LogP contribution in [0.2, 0.25) is 0 Å². The summed E-state index contributed by atoms with van der Waals surface area (Å²) in [6.07, 6.45) is 2.43. The van der Waals surface area contributed by atoms with E-state index in [1.165, 1.54) is 5.01 Å². The number of piperazine rings is 1.